The first-order valence-corrected chi connectivity index (χ1v) is 12.5. The average Bonchev–Trinajstić information content (AvgIpc) is 3.58. The van der Waals surface area contributed by atoms with Gasteiger partial charge < -0.3 is 20.9 Å². The Morgan fingerprint density at radius 1 is 1.14 bits per heavy atom. The van der Waals surface area contributed by atoms with Crippen LogP contribution in [0.1, 0.15) is 73.1 Å². The van der Waals surface area contributed by atoms with Crippen molar-refractivity contribution in [2.75, 3.05) is 7.05 Å². The molecule has 0 bridgehead atoms. The van der Waals surface area contributed by atoms with Crippen LogP contribution in [-0.4, -0.2) is 65.4 Å². The lowest BCUT2D eigenvalue weighted by molar-refractivity contribution is -0.176. The summed E-state index contributed by atoms with van der Waals surface area (Å²) in [7, 11) is 1.31. The molecule has 2 fully saturated rings. The standard InChI is InChI=1S/C25H38F3N5O4/c1-23(2,3)18(31-22(37)25(26,27)28)21(36)33(6)17(11-14-7-8-14)20(35)30-16(13-29)12-15-9-10-24(4,5)32-19(15)34/h14-18H,7-12H2,1-6H3,(H,30,35)(H,31,37)(H,32,34)/t15-,16-,17-,18+/m0/s1. The van der Waals surface area contributed by atoms with Gasteiger partial charge in [0.15, 0.2) is 0 Å². The van der Waals surface area contributed by atoms with Crippen molar-refractivity contribution in [1.82, 2.24) is 20.9 Å². The summed E-state index contributed by atoms with van der Waals surface area (Å²) in [6.07, 6.45) is -1.83. The normalized spacial score (nSPS) is 22.1. The highest BCUT2D eigenvalue weighted by Gasteiger charge is 2.46. The first-order chi connectivity index (χ1) is 16.9. The van der Waals surface area contributed by atoms with E-state index in [1.807, 2.05) is 19.9 Å². The van der Waals surface area contributed by atoms with Crippen molar-refractivity contribution in [3.05, 3.63) is 0 Å². The van der Waals surface area contributed by atoms with Crippen LogP contribution in [0.15, 0.2) is 0 Å². The minimum absolute atomic E-state index is 0.101. The molecular weight excluding hydrogens is 491 g/mol. The molecule has 9 nitrogen and oxygen atoms in total. The number of nitrogens with zero attached hydrogens (tertiary/aromatic N) is 2. The van der Waals surface area contributed by atoms with Crippen LogP contribution < -0.4 is 16.0 Å². The summed E-state index contributed by atoms with van der Waals surface area (Å²) >= 11 is 0. The van der Waals surface area contributed by atoms with E-state index < -0.39 is 53.4 Å². The van der Waals surface area contributed by atoms with E-state index in [0.29, 0.717) is 6.42 Å². The third-order valence-corrected chi connectivity index (χ3v) is 6.96. The zero-order valence-electron chi connectivity index (χ0n) is 22.3. The van der Waals surface area contributed by atoms with Crippen molar-refractivity contribution in [2.45, 2.75) is 103 Å². The van der Waals surface area contributed by atoms with Gasteiger partial charge in [-0.15, -0.1) is 0 Å². The fourth-order valence-corrected chi connectivity index (χ4v) is 4.41. The van der Waals surface area contributed by atoms with E-state index in [-0.39, 0.29) is 30.2 Å². The number of amides is 4. The van der Waals surface area contributed by atoms with Crippen molar-refractivity contribution >= 4 is 23.6 Å². The Hall–Kier alpha value is -2.84. The molecule has 1 aliphatic heterocycles. The van der Waals surface area contributed by atoms with Gasteiger partial charge >= 0.3 is 12.1 Å². The molecule has 3 N–H and O–H groups in total. The average molecular weight is 530 g/mol. The lowest BCUT2D eigenvalue weighted by atomic mass is 9.83. The molecule has 4 atom stereocenters. The molecule has 1 saturated carbocycles. The molecule has 0 aromatic rings. The smallest absolute Gasteiger partial charge is 0.351 e. The maximum atomic E-state index is 13.3. The number of alkyl halides is 3. The predicted octanol–water partition coefficient (Wildman–Crippen LogP) is 2.41. The Bertz CT molecular complexity index is 934. The van der Waals surface area contributed by atoms with Crippen molar-refractivity contribution in [3.63, 3.8) is 0 Å². The summed E-state index contributed by atoms with van der Waals surface area (Å²) in [5, 5.41) is 17.0. The molecule has 0 radical (unpaired) electrons. The van der Waals surface area contributed by atoms with Gasteiger partial charge in [-0.25, -0.2) is 0 Å². The van der Waals surface area contributed by atoms with E-state index in [1.54, 1.807) is 5.32 Å². The summed E-state index contributed by atoms with van der Waals surface area (Å²) in [4.78, 5) is 51.7. The molecule has 12 heteroatoms. The summed E-state index contributed by atoms with van der Waals surface area (Å²) < 4.78 is 38.7. The van der Waals surface area contributed by atoms with Crippen molar-refractivity contribution in [1.29, 1.82) is 5.26 Å². The maximum Gasteiger partial charge on any atom is 0.471 e. The zero-order chi connectivity index (χ0) is 28.3. The highest BCUT2D eigenvalue weighted by atomic mass is 19.4. The monoisotopic (exact) mass is 529 g/mol. The molecule has 1 heterocycles. The number of carbonyl (C=O) groups excluding carboxylic acids is 4. The minimum Gasteiger partial charge on any atom is -0.351 e. The fourth-order valence-electron chi connectivity index (χ4n) is 4.41. The summed E-state index contributed by atoms with van der Waals surface area (Å²) in [5.74, 6) is -4.19. The Morgan fingerprint density at radius 3 is 2.19 bits per heavy atom. The Balaban J connectivity index is 2.17. The van der Waals surface area contributed by atoms with E-state index >= 15 is 0 Å². The van der Waals surface area contributed by atoms with Gasteiger partial charge in [-0.1, -0.05) is 33.6 Å². The second kappa shape index (κ2) is 11.3. The third kappa shape index (κ3) is 8.61. The van der Waals surface area contributed by atoms with Crippen LogP contribution in [0.5, 0.6) is 0 Å². The molecule has 1 aliphatic carbocycles. The van der Waals surface area contributed by atoms with Crippen LogP contribution in [0.2, 0.25) is 0 Å². The van der Waals surface area contributed by atoms with E-state index in [0.717, 1.165) is 24.2 Å². The summed E-state index contributed by atoms with van der Waals surface area (Å²) in [6.45, 7) is 8.35. The number of likely N-dealkylation sites (N-methyl/N-ethyl adjacent to an activating group) is 1. The van der Waals surface area contributed by atoms with E-state index in [4.69, 9.17) is 0 Å². The number of hydrogen-bond acceptors (Lipinski definition) is 5. The highest BCUT2D eigenvalue weighted by Crippen LogP contribution is 2.35. The van der Waals surface area contributed by atoms with Gasteiger partial charge in [0.1, 0.15) is 18.1 Å². The van der Waals surface area contributed by atoms with Crippen LogP contribution in [0.4, 0.5) is 13.2 Å². The third-order valence-electron chi connectivity index (χ3n) is 6.96. The SMILES string of the molecule is CN(C(=O)[C@@H](NC(=O)C(F)(F)F)C(C)(C)C)[C@@H](CC1CC1)C(=O)N[C@H](C#N)C[C@@H]1CCC(C)(C)NC1=O. The second-order valence-electron chi connectivity index (χ2n) is 11.9. The lowest BCUT2D eigenvalue weighted by Gasteiger charge is -2.37. The molecule has 2 aliphatic rings. The lowest BCUT2D eigenvalue weighted by Crippen LogP contribution is -2.60. The zero-order valence-corrected chi connectivity index (χ0v) is 22.3. The molecule has 0 unspecified atom stereocenters. The van der Waals surface area contributed by atoms with Gasteiger partial charge in [0.05, 0.1) is 6.07 Å². The van der Waals surface area contributed by atoms with Crippen LogP contribution >= 0.6 is 0 Å². The van der Waals surface area contributed by atoms with Gasteiger partial charge in [-0.3, -0.25) is 19.2 Å². The van der Waals surface area contributed by atoms with E-state index in [9.17, 15) is 37.6 Å². The quantitative estimate of drug-likeness (QED) is 0.422. The molecule has 2 rings (SSSR count). The number of rotatable bonds is 9. The van der Waals surface area contributed by atoms with Crippen LogP contribution in [0, 0.1) is 28.6 Å². The number of carbonyl (C=O) groups is 4. The Kier molecular flexibility index (Phi) is 9.26. The number of halogens is 3. The van der Waals surface area contributed by atoms with E-state index in [1.165, 1.54) is 27.8 Å². The minimum atomic E-state index is -5.17. The molecule has 208 valence electrons. The molecule has 1 saturated heterocycles. The fraction of sp³-hybridized carbons (Fsp3) is 0.800. The van der Waals surface area contributed by atoms with Crippen molar-refractivity contribution in [3.8, 4) is 6.07 Å². The molecule has 0 aromatic carbocycles. The van der Waals surface area contributed by atoms with Crippen LogP contribution in [0.3, 0.4) is 0 Å². The Labute approximate surface area is 215 Å². The van der Waals surface area contributed by atoms with Gasteiger partial charge in [-0.2, -0.15) is 18.4 Å². The second-order valence-corrected chi connectivity index (χ2v) is 11.9. The number of nitriles is 1. The topological polar surface area (TPSA) is 131 Å². The first-order valence-electron chi connectivity index (χ1n) is 12.5. The molecule has 0 aromatic heterocycles. The summed E-state index contributed by atoms with van der Waals surface area (Å²) in [5.41, 5.74) is -1.42. The predicted molar refractivity (Wildman–Crippen MR) is 128 cm³/mol. The first kappa shape index (κ1) is 30.4. The van der Waals surface area contributed by atoms with Crippen molar-refractivity contribution < 1.29 is 32.3 Å². The van der Waals surface area contributed by atoms with Gasteiger partial charge in [0, 0.05) is 18.5 Å². The number of piperidine rings is 1. The summed E-state index contributed by atoms with van der Waals surface area (Å²) in [6, 6.07) is -1.57. The number of hydrogen-bond donors (Lipinski definition) is 3. The number of nitrogens with one attached hydrogen (secondary N) is 3. The maximum absolute atomic E-state index is 13.3. The largest absolute Gasteiger partial charge is 0.471 e. The van der Waals surface area contributed by atoms with E-state index in [2.05, 4.69) is 10.6 Å². The van der Waals surface area contributed by atoms with Gasteiger partial charge in [-0.05, 0) is 50.9 Å². The Morgan fingerprint density at radius 2 is 1.73 bits per heavy atom. The van der Waals surface area contributed by atoms with Crippen LogP contribution in [-0.2, 0) is 19.2 Å². The van der Waals surface area contributed by atoms with Gasteiger partial charge in [0.25, 0.3) is 0 Å². The molecule has 37 heavy (non-hydrogen) atoms. The van der Waals surface area contributed by atoms with Crippen molar-refractivity contribution in [2.24, 2.45) is 17.3 Å². The van der Waals surface area contributed by atoms with Gasteiger partial charge in [0.2, 0.25) is 17.7 Å². The molecular formula is C25H38F3N5O4. The molecule has 0 spiro atoms. The van der Waals surface area contributed by atoms with Crippen LogP contribution in [0.25, 0.3) is 0 Å². The highest BCUT2D eigenvalue weighted by molar-refractivity contribution is 5.93. The molecule has 4 amide bonds.